The number of aryl methyl sites for hydroxylation is 1. The molecule has 2 atom stereocenters. The number of Topliss-reactive ketones (excluding diaryl/α,β-unsaturated/α-hetero) is 2. The van der Waals surface area contributed by atoms with Crippen LogP contribution in [0.25, 0.3) is 0 Å². The number of epoxide rings is 1. The average Bonchev–Trinajstić information content (AvgIpc) is 3.21. The lowest BCUT2D eigenvalue weighted by atomic mass is 9.95. The van der Waals surface area contributed by atoms with E-state index >= 15 is 0 Å². The van der Waals surface area contributed by atoms with Gasteiger partial charge in [-0.15, -0.1) is 0 Å². The predicted molar refractivity (Wildman–Crippen MR) is 82.9 cm³/mol. The van der Waals surface area contributed by atoms with E-state index in [9.17, 15) is 9.59 Å². The summed E-state index contributed by atoms with van der Waals surface area (Å²) < 4.78 is 5.59. The van der Waals surface area contributed by atoms with Gasteiger partial charge in [0.15, 0.2) is 0 Å². The molecule has 2 aliphatic rings. The molecule has 2 aromatic rings. The quantitative estimate of drug-likeness (QED) is 0.581. The van der Waals surface area contributed by atoms with Gasteiger partial charge >= 0.3 is 0 Å². The summed E-state index contributed by atoms with van der Waals surface area (Å²) in [6.45, 7) is 1.88. The molecule has 0 radical (unpaired) electrons. The lowest BCUT2D eigenvalue weighted by Crippen LogP contribution is -2.27. The van der Waals surface area contributed by atoms with Gasteiger partial charge in [0.25, 0.3) is 0 Å². The minimum Gasteiger partial charge on any atom is -0.344 e. The van der Waals surface area contributed by atoms with Crippen LogP contribution in [0.1, 0.15) is 37.9 Å². The number of carbonyl (C=O) groups excluding carboxylic acids is 2. The number of hydrogen-bond acceptors (Lipinski definition) is 3. The maximum Gasteiger partial charge on any atom is 0.224 e. The van der Waals surface area contributed by atoms with Gasteiger partial charge in [-0.3, -0.25) is 9.59 Å². The molecule has 1 aliphatic carbocycles. The summed E-state index contributed by atoms with van der Waals surface area (Å²) in [7, 11) is 0. The maximum absolute atomic E-state index is 12.7. The van der Waals surface area contributed by atoms with Gasteiger partial charge in [-0.05, 0) is 30.7 Å². The van der Waals surface area contributed by atoms with Crippen molar-refractivity contribution in [3.05, 3.63) is 68.7 Å². The van der Waals surface area contributed by atoms with Crippen molar-refractivity contribution in [3.8, 4) is 0 Å². The van der Waals surface area contributed by atoms with Crippen molar-refractivity contribution in [2.24, 2.45) is 0 Å². The Hall–Kier alpha value is -1.68. The Bertz CT molecular complexity index is 859. The molecule has 22 heavy (non-hydrogen) atoms. The Morgan fingerprint density at radius 2 is 1.68 bits per heavy atom. The molecule has 0 saturated carbocycles. The molecular weight excluding hydrogens is 323 g/mol. The summed E-state index contributed by atoms with van der Waals surface area (Å²) in [5.41, 5.74) is 1.07. The molecule has 110 valence electrons. The minimum atomic E-state index is -1.41. The van der Waals surface area contributed by atoms with Crippen molar-refractivity contribution in [3.63, 3.8) is 0 Å². The second kappa shape index (κ2) is 4.42. The first kappa shape index (κ1) is 13.9. The normalized spacial score (nSPS) is 25.7. The molecule has 0 unspecified atom stereocenters. The molecule has 0 aromatic heterocycles. The number of benzene rings is 2. The largest absolute Gasteiger partial charge is 0.344 e. The molecule has 2 aromatic carbocycles. The van der Waals surface area contributed by atoms with Crippen LogP contribution in [-0.2, 0) is 4.74 Å². The molecule has 0 N–H and O–H groups in total. The number of fused-ring (bicyclic) bond motifs is 1. The van der Waals surface area contributed by atoms with Crippen LogP contribution in [0.15, 0.2) is 36.4 Å². The van der Waals surface area contributed by atoms with Crippen molar-refractivity contribution >= 4 is 34.8 Å². The van der Waals surface area contributed by atoms with E-state index in [4.69, 9.17) is 27.9 Å². The zero-order chi connectivity index (χ0) is 15.6. The highest BCUT2D eigenvalue weighted by molar-refractivity contribution is 6.42. The Morgan fingerprint density at radius 3 is 2.41 bits per heavy atom. The van der Waals surface area contributed by atoms with Crippen LogP contribution in [0.3, 0.4) is 0 Å². The molecule has 4 rings (SSSR count). The summed E-state index contributed by atoms with van der Waals surface area (Å²) in [5, 5.41) is 0.791. The lowest BCUT2D eigenvalue weighted by Gasteiger charge is -2.02. The average molecular weight is 333 g/mol. The van der Waals surface area contributed by atoms with Crippen molar-refractivity contribution in [1.29, 1.82) is 0 Å². The molecule has 1 fully saturated rings. The highest BCUT2D eigenvalue weighted by atomic mass is 35.5. The summed E-state index contributed by atoms with van der Waals surface area (Å²) in [6, 6.07) is 10.2. The zero-order valence-electron chi connectivity index (χ0n) is 11.5. The SMILES string of the molecule is Cc1ccc2c(c1)C(=O)[C@]1(O[C@@H]1c1ccc(Cl)c(Cl)c1)C2=O. The number of ketones is 2. The predicted octanol–water partition coefficient (Wildman–Crippen LogP) is 4.19. The van der Waals surface area contributed by atoms with Crippen molar-refractivity contribution in [1.82, 2.24) is 0 Å². The van der Waals surface area contributed by atoms with Crippen LogP contribution in [0.5, 0.6) is 0 Å². The van der Waals surface area contributed by atoms with Gasteiger partial charge < -0.3 is 4.74 Å². The van der Waals surface area contributed by atoms with E-state index in [1.165, 1.54) is 0 Å². The van der Waals surface area contributed by atoms with Crippen molar-refractivity contribution < 1.29 is 14.3 Å². The standard InChI is InChI=1S/C17H10Cl2O3/c1-8-2-4-10-11(6-8)15(21)17(14(10)20)16(22-17)9-3-5-12(18)13(19)7-9/h2-7,16H,1H3/t16-,17-/m1/s1. The van der Waals surface area contributed by atoms with E-state index in [1.807, 2.05) is 13.0 Å². The number of hydrogen-bond donors (Lipinski definition) is 0. The highest BCUT2D eigenvalue weighted by Crippen LogP contribution is 2.57. The molecular formula is C17H10Cl2O3. The molecule has 1 saturated heterocycles. The fraction of sp³-hybridized carbons (Fsp3) is 0.176. The summed E-state index contributed by atoms with van der Waals surface area (Å²) in [4.78, 5) is 25.3. The number of halogens is 2. The number of carbonyl (C=O) groups is 2. The Morgan fingerprint density at radius 1 is 0.955 bits per heavy atom. The van der Waals surface area contributed by atoms with Crippen molar-refractivity contribution in [2.45, 2.75) is 18.6 Å². The Kier molecular flexibility index (Phi) is 2.80. The van der Waals surface area contributed by atoms with Gasteiger partial charge in [0.1, 0.15) is 6.10 Å². The first-order valence-electron chi connectivity index (χ1n) is 6.78. The van der Waals surface area contributed by atoms with Crippen LogP contribution >= 0.6 is 23.2 Å². The summed E-state index contributed by atoms with van der Waals surface area (Å²) in [6.07, 6.45) is -0.602. The van der Waals surface area contributed by atoms with Gasteiger partial charge in [-0.1, -0.05) is 47.0 Å². The van der Waals surface area contributed by atoms with E-state index in [0.29, 0.717) is 26.7 Å². The van der Waals surface area contributed by atoms with Gasteiger partial charge in [0.2, 0.25) is 17.2 Å². The molecule has 5 heteroatoms. The first-order valence-corrected chi connectivity index (χ1v) is 7.54. The van der Waals surface area contributed by atoms with Crippen LogP contribution in [0.4, 0.5) is 0 Å². The fourth-order valence-electron chi connectivity index (χ4n) is 3.02. The van der Waals surface area contributed by atoms with E-state index in [0.717, 1.165) is 5.56 Å². The smallest absolute Gasteiger partial charge is 0.224 e. The van der Waals surface area contributed by atoms with Crippen LogP contribution in [-0.4, -0.2) is 17.2 Å². The second-order valence-corrected chi connectivity index (χ2v) is 6.43. The molecule has 3 nitrogen and oxygen atoms in total. The maximum atomic E-state index is 12.7. The van der Waals surface area contributed by atoms with Gasteiger partial charge in [-0.25, -0.2) is 0 Å². The van der Waals surface area contributed by atoms with Crippen LogP contribution in [0.2, 0.25) is 10.0 Å². The Balaban J connectivity index is 1.78. The van der Waals surface area contributed by atoms with E-state index in [-0.39, 0.29) is 11.6 Å². The van der Waals surface area contributed by atoms with Gasteiger partial charge in [0.05, 0.1) is 10.0 Å². The molecule has 0 bridgehead atoms. The van der Waals surface area contributed by atoms with Gasteiger partial charge in [0, 0.05) is 11.1 Å². The lowest BCUT2D eigenvalue weighted by molar-refractivity contribution is 0.0785. The van der Waals surface area contributed by atoms with Crippen molar-refractivity contribution in [2.75, 3.05) is 0 Å². The molecule has 0 amide bonds. The zero-order valence-corrected chi connectivity index (χ0v) is 13.0. The van der Waals surface area contributed by atoms with E-state index in [2.05, 4.69) is 0 Å². The minimum absolute atomic E-state index is 0.271. The third kappa shape index (κ3) is 1.67. The van der Waals surface area contributed by atoms with Crippen LogP contribution in [0, 0.1) is 6.92 Å². The Labute approximate surface area is 136 Å². The first-order chi connectivity index (χ1) is 10.4. The molecule has 1 aliphatic heterocycles. The number of rotatable bonds is 1. The van der Waals surface area contributed by atoms with E-state index < -0.39 is 11.7 Å². The molecule has 1 spiro atoms. The summed E-state index contributed by atoms with van der Waals surface area (Å²) >= 11 is 11.9. The fourth-order valence-corrected chi connectivity index (χ4v) is 3.33. The summed E-state index contributed by atoms with van der Waals surface area (Å²) in [5.74, 6) is -0.546. The molecule has 1 heterocycles. The third-order valence-electron chi connectivity index (χ3n) is 4.20. The van der Waals surface area contributed by atoms with E-state index in [1.54, 1.807) is 30.3 Å². The number of ether oxygens (including phenoxy) is 1. The van der Waals surface area contributed by atoms with Gasteiger partial charge in [-0.2, -0.15) is 0 Å². The third-order valence-corrected chi connectivity index (χ3v) is 4.94. The van der Waals surface area contributed by atoms with Crippen LogP contribution < -0.4 is 0 Å². The topological polar surface area (TPSA) is 46.7 Å². The highest BCUT2D eigenvalue weighted by Gasteiger charge is 2.72. The monoisotopic (exact) mass is 332 g/mol. The second-order valence-electron chi connectivity index (χ2n) is 5.61.